The maximum absolute atomic E-state index is 11.8. The minimum atomic E-state index is -0.422. The zero-order chi connectivity index (χ0) is 12.6. The van der Waals surface area contributed by atoms with Gasteiger partial charge in [0, 0.05) is 17.6 Å². The van der Waals surface area contributed by atoms with Crippen LogP contribution >= 0.6 is 0 Å². The average molecular weight is 230 g/mol. The second-order valence-electron chi connectivity index (χ2n) is 4.25. The molecule has 0 aliphatic heterocycles. The van der Waals surface area contributed by atoms with Crippen LogP contribution in [0.15, 0.2) is 29.2 Å². The van der Waals surface area contributed by atoms with Crippen molar-refractivity contribution in [1.82, 2.24) is 4.57 Å². The first-order valence-electron chi connectivity index (χ1n) is 5.38. The first-order chi connectivity index (χ1) is 7.99. The zero-order valence-electron chi connectivity index (χ0n) is 9.86. The SMILES string of the molecule is Cc1cc(C)c2c(=O)ccn(CC(N)=O)c2c1. The molecule has 1 heterocycles. The third kappa shape index (κ3) is 2.06. The predicted octanol–water partition coefficient (Wildman–Crippen LogP) is 1.10. The van der Waals surface area contributed by atoms with Crippen molar-refractivity contribution < 1.29 is 4.79 Å². The Morgan fingerprint density at radius 2 is 2.06 bits per heavy atom. The molecule has 2 aromatic rings. The molecule has 0 aliphatic rings. The number of aryl methyl sites for hydroxylation is 2. The Labute approximate surface area is 98.7 Å². The molecule has 2 rings (SSSR count). The Kier molecular flexibility index (Phi) is 2.71. The quantitative estimate of drug-likeness (QED) is 0.839. The largest absolute Gasteiger partial charge is 0.368 e. The minimum Gasteiger partial charge on any atom is -0.368 e. The van der Waals surface area contributed by atoms with Crippen LogP contribution in [-0.2, 0) is 11.3 Å². The van der Waals surface area contributed by atoms with Crippen molar-refractivity contribution in [2.75, 3.05) is 0 Å². The van der Waals surface area contributed by atoms with Crippen LogP contribution in [0.3, 0.4) is 0 Å². The topological polar surface area (TPSA) is 65.1 Å². The van der Waals surface area contributed by atoms with Gasteiger partial charge in [0.1, 0.15) is 6.54 Å². The van der Waals surface area contributed by atoms with Crippen molar-refractivity contribution in [3.63, 3.8) is 0 Å². The summed E-state index contributed by atoms with van der Waals surface area (Å²) in [5, 5.41) is 0.652. The molecule has 0 spiro atoms. The second-order valence-corrected chi connectivity index (χ2v) is 4.25. The van der Waals surface area contributed by atoms with Gasteiger partial charge in [-0.25, -0.2) is 0 Å². The van der Waals surface area contributed by atoms with E-state index in [4.69, 9.17) is 5.73 Å². The molecular formula is C13H14N2O2. The van der Waals surface area contributed by atoms with Crippen LogP contribution < -0.4 is 11.2 Å². The lowest BCUT2D eigenvalue weighted by atomic mass is 10.1. The fourth-order valence-corrected chi connectivity index (χ4v) is 2.12. The van der Waals surface area contributed by atoms with Crippen LogP contribution in [0.2, 0.25) is 0 Å². The van der Waals surface area contributed by atoms with Gasteiger partial charge in [-0.05, 0) is 31.0 Å². The second kappa shape index (κ2) is 4.05. The van der Waals surface area contributed by atoms with Gasteiger partial charge in [-0.15, -0.1) is 0 Å². The van der Waals surface area contributed by atoms with E-state index in [2.05, 4.69) is 0 Å². The highest BCUT2D eigenvalue weighted by Gasteiger charge is 2.07. The Morgan fingerprint density at radius 1 is 1.35 bits per heavy atom. The molecule has 17 heavy (non-hydrogen) atoms. The summed E-state index contributed by atoms with van der Waals surface area (Å²) in [4.78, 5) is 22.8. The van der Waals surface area contributed by atoms with Crippen molar-refractivity contribution in [3.05, 3.63) is 45.7 Å². The summed E-state index contributed by atoms with van der Waals surface area (Å²) in [6.07, 6.45) is 1.61. The van der Waals surface area contributed by atoms with Crippen molar-refractivity contribution in [1.29, 1.82) is 0 Å². The van der Waals surface area contributed by atoms with E-state index in [1.165, 1.54) is 6.07 Å². The van der Waals surface area contributed by atoms with Gasteiger partial charge in [0.25, 0.3) is 0 Å². The van der Waals surface area contributed by atoms with Crippen LogP contribution in [-0.4, -0.2) is 10.5 Å². The van der Waals surface area contributed by atoms with E-state index in [0.29, 0.717) is 5.39 Å². The van der Waals surface area contributed by atoms with Crippen molar-refractivity contribution in [3.8, 4) is 0 Å². The Balaban J connectivity index is 2.84. The molecule has 0 aliphatic carbocycles. The standard InChI is InChI=1S/C13H14N2O2/c1-8-5-9(2)13-10(6-8)15(7-12(14)17)4-3-11(13)16/h3-6H,7H2,1-2H3,(H2,14,17). The van der Waals surface area contributed by atoms with Crippen LogP contribution in [0.25, 0.3) is 10.9 Å². The van der Waals surface area contributed by atoms with Crippen LogP contribution in [0.4, 0.5) is 0 Å². The highest BCUT2D eigenvalue weighted by Crippen LogP contribution is 2.17. The highest BCUT2D eigenvalue weighted by atomic mass is 16.1. The average Bonchev–Trinajstić information content (AvgIpc) is 2.20. The third-order valence-electron chi connectivity index (χ3n) is 2.75. The van der Waals surface area contributed by atoms with Gasteiger partial charge in [0.15, 0.2) is 5.43 Å². The van der Waals surface area contributed by atoms with Gasteiger partial charge in [-0.1, -0.05) is 6.07 Å². The van der Waals surface area contributed by atoms with E-state index < -0.39 is 5.91 Å². The molecule has 88 valence electrons. The van der Waals surface area contributed by atoms with E-state index in [9.17, 15) is 9.59 Å². The number of nitrogens with zero attached hydrogens (tertiary/aromatic N) is 1. The zero-order valence-corrected chi connectivity index (χ0v) is 9.86. The summed E-state index contributed by atoms with van der Waals surface area (Å²) in [7, 11) is 0. The van der Waals surface area contributed by atoms with Crippen molar-refractivity contribution >= 4 is 16.8 Å². The van der Waals surface area contributed by atoms with Gasteiger partial charge in [-0.3, -0.25) is 9.59 Å². The Morgan fingerprint density at radius 3 is 2.71 bits per heavy atom. The summed E-state index contributed by atoms with van der Waals surface area (Å²) in [6, 6.07) is 5.32. The molecule has 1 aromatic heterocycles. The number of amides is 1. The first-order valence-corrected chi connectivity index (χ1v) is 5.38. The van der Waals surface area contributed by atoms with Gasteiger partial charge in [-0.2, -0.15) is 0 Å². The molecule has 4 nitrogen and oxygen atoms in total. The molecule has 1 amide bonds. The van der Waals surface area contributed by atoms with E-state index >= 15 is 0 Å². The summed E-state index contributed by atoms with van der Waals surface area (Å²) >= 11 is 0. The number of aromatic nitrogens is 1. The maximum Gasteiger partial charge on any atom is 0.237 e. The first kappa shape index (κ1) is 11.4. The molecule has 4 heteroatoms. The van der Waals surface area contributed by atoms with Gasteiger partial charge >= 0.3 is 0 Å². The molecule has 1 aromatic carbocycles. The number of carbonyl (C=O) groups is 1. The van der Waals surface area contributed by atoms with Crippen molar-refractivity contribution in [2.45, 2.75) is 20.4 Å². The van der Waals surface area contributed by atoms with Crippen LogP contribution in [0, 0.1) is 13.8 Å². The summed E-state index contributed by atoms with van der Waals surface area (Å²) in [5.41, 5.74) is 7.90. The summed E-state index contributed by atoms with van der Waals surface area (Å²) < 4.78 is 1.71. The number of carbonyl (C=O) groups excluding carboxylic acids is 1. The summed E-state index contributed by atoms with van der Waals surface area (Å²) in [6.45, 7) is 3.93. The van der Waals surface area contributed by atoms with Gasteiger partial charge in [0.05, 0.1) is 5.52 Å². The van der Waals surface area contributed by atoms with Crippen molar-refractivity contribution in [2.24, 2.45) is 5.73 Å². The number of pyridine rings is 1. The van der Waals surface area contributed by atoms with E-state index in [-0.39, 0.29) is 12.0 Å². The normalized spacial score (nSPS) is 10.7. The lowest BCUT2D eigenvalue weighted by Gasteiger charge is -2.11. The highest BCUT2D eigenvalue weighted by molar-refractivity contribution is 5.84. The predicted molar refractivity (Wildman–Crippen MR) is 66.9 cm³/mol. The number of hydrogen-bond donors (Lipinski definition) is 1. The molecule has 0 unspecified atom stereocenters. The molecule has 0 radical (unpaired) electrons. The molecule has 0 saturated heterocycles. The molecular weight excluding hydrogens is 216 g/mol. The fourth-order valence-electron chi connectivity index (χ4n) is 2.12. The Bertz CT molecular complexity index is 656. The molecule has 0 saturated carbocycles. The number of nitrogens with two attached hydrogens (primary N) is 1. The van der Waals surface area contributed by atoms with Gasteiger partial charge < -0.3 is 10.3 Å². The lowest BCUT2D eigenvalue weighted by molar-refractivity contribution is -0.118. The number of fused-ring (bicyclic) bond motifs is 1. The minimum absolute atomic E-state index is 0.0294. The molecule has 0 bridgehead atoms. The van der Waals surface area contributed by atoms with Gasteiger partial charge in [0.2, 0.25) is 5.91 Å². The number of rotatable bonds is 2. The number of benzene rings is 1. The molecule has 0 fully saturated rings. The van der Waals surface area contributed by atoms with Crippen LogP contribution in [0.5, 0.6) is 0 Å². The Hall–Kier alpha value is -2.10. The van der Waals surface area contributed by atoms with E-state index in [1.54, 1.807) is 10.8 Å². The summed E-state index contributed by atoms with van der Waals surface area (Å²) in [5.74, 6) is -0.422. The fraction of sp³-hybridized carbons (Fsp3) is 0.231. The number of primary amides is 1. The lowest BCUT2D eigenvalue weighted by Crippen LogP contribution is -2.20. The molecule has 0 atom stereocenters. The maximum atomic E-state index is 11.8. The third-order valence-corrected chi connectivity index (χ3v) is 2.75. The molecule has 2 N–H and O–H groups in total. The van der Waals surface area contributed by atoms with Crippen LogP contribution in [0.1, 0.15) is 11.1 Å². The monoisotopic (exact) mass is 230 g/mol. The number of hydrogen-bond acceptors (Lipinski definition) is 2. The smallest absolute Gasteiger partial charge is 0.237 e. The van der Waals surface area contributed by atoms with E-state index in [1.807, 2.05) is 26.0 Å². The van der Waals surface area contributed by atoms with E-state index in [0.717, 1.165) is 16.6 Å².